The van der Waals surface area contributed by atoms with Gasteiger partial charge in [0, 0.05) is 30.4 Å². The Morgan fingerprint density at radius 3 is 2.21 bits per heavy atom. The van der Waals surface area contributed by atoms with Crippen molar-refractivity contribution in [2.24, 2.45) is 0 Å². The fraction of sp³-hybridized carbons (Fsp3) is 0.136. The van der Waals surface area contributed by atoms with Crippen molar-refractivity contribution in [2.75, 3.05) is 19.5 Å². The van der Waals surface area contributed by atoms with E-state index in [0.717, 1.165) is 5.56 Å². The Balaban J connectivity index is 1.58. The van der Waals surface area contributed by atoms with Gasteiger partial charge in [0.1, 0.15) is 28.8 Å². The molecule has 0 radical (unpaired) electrons. The van der Waals surface area contributed by atoms with Crippen molar-refractivity contribution in [3.63, 3.8) is 0 Å². The molecular weight excluding hydrogens is 375 g/mol. The van der Waals surface area contributed by atoms with Crippen LogP contribution in [0.25, 0.3) is 0 Å². The first-order valence-corrected chi connectivity index (χ1v) is 8.86. The Morgan fingerprint density at radius 1 is 0.862 bits per heavy atom. The van der Waals surface area contributed by atoms with E-state index in [4.69, 9.17) is 14.2 Å². The second kappa shape index (κ2) is 9.45. The molecule has 0 aliphatic carbocycles. The van der Waals surface area contributed by atoms with Gasteiger partial charge in [-0.3, -0.25) is 0 Å². The van der Waals surface area contributed by atoms with Gasteiger partial charge in [-0.1, -0.05) is 12.1 Å². The molecule has 2 amide bonds. The summed E-state index contributed by atoms with van der Waals surface area (Å²) >= 11 is 0. The molecule has 150 valence electrons. The minimum absolute atomic E-state index is 0.299. The highest BCUT2D eigenvalue weighted by Crippen LogP contribution is 2.26. The minimum atomic E-state index is -0.370. The van der Waals surface area contributed by atoms with Crippen molar-refractivity contribution in [1.29, 1.82) is 0 Å². The van der Waals surface area contributed by atoms with Gasteiger partial charge in [-0.25, -0.2) is 9.18 Å². The van der Waals surface area contributed by atoms with Gasteiger partial charge < -0.3 is 24.8 Å². The SMILES string of the molecule is COc1cc(NC(=O)NCc2cccc(Oc3ccc(F)cc3)c2)cc(OC)c1. The molecule has 2 N–H and O–H groups in total. The summed E-state index contributed by atoms with van der Waals surface area (Å²) in [6, 6.07) is 17.8. The number of hydrogen-bond acceptors (Lipinski definition) is 4. The van der Waals surface area contributed by atoms with Crippen LogP contribution in [0.1, 0.15) is 5.56 Å². The lowest BCUT2D eigenvalue weighted by atomic mass is 10.2. The molecule has 29 heavy (non-hydrogen) atoms. The number of amides is 2. The van der Waals surface area contributed by atoms with E-state index < -0.39 is 0 Å². The number of methoxy groups -OCH3 is 2. The van der Waals surface area contributed by atoms with Gasteiger partial charge in [-0.2, -0.15) is 0 Å². The minimum Gasteiger partial charge on any atom is -0.497 e. The number of halogens is 1. The summed E-state index contributed by atoms with van der Waals surface area (Å²) in [7, 11) is 3.08. The van der Waals surface area contributed by atoms with Crippen LogP contribution in [0.2, 0.25) is 0 Å². The van der Waals surface area contributed by atoms with E-state index in [-0.39, 0.29) is 11.8 Å². The molecule has 6 nitrogen and oxygen atoms in total. The quantitative estimate of drug-likeness (QED) is 0.592. The molecule has 0 unspecified atom stereocenters. The Labute approximate surface area is 168 Å². The van der Waals surface area contributed by atoms with E-state index in [2.05, 4.69) is 10.6 Å². The number of rotatable bonds is 7. The van der Waals surface area contributed by atoms with Crippen molar-refractivity contribution in [3.05, 3.63) is 78.1 Å². The second-order valence-electron chi connectivity index (χ2n) is 6.11. The summed E-state index contributed by atoms with van der Waals surface area (Å²) in [5.41, 5.74) is 1.40. The molecular formula is C22H21FN2O4. The first kappa shape index (κ1) is 20.0. The van der Waals surface area contributed by atoms with E-state index in [9.17, 15) is 9.18 Å². The second-order valence-corrected chi connectivity index (χ2v) is 6.11. The van der Waals surface area contributed by atoms with Crippen molar-refractivity contribution < 1.29 is 23.4 Å². The predicted molar refractivity (Wildman–Crippen MR) is 108 cm³/mol. The third-order valence-electron chi connectivity index (χ3n) is 4.01. The maximum Gasteiger partial charge on any atom is 0.319 e. The van der Waals surface area contributed by atoms with Gasteiger partial charge in [0.2, 0.25) is 0 Å². The van der Waals surface area contributed by atoms with Gasteiger partial charge in [0.25, 0.3) is 0 Å². The number of ether oxygens (including phenoxy) is 3. The standard InChI is InChI=1S/C22H21FN2O4/c1-27-20-11-17(12-21(13-20)28-2)25-22(26)24-14-15-4-3-5-19(10-15)29-18-8-6-16(23)7-9-18/h3-13H,14H2,1-2H3,(H2,24,25,26). The zero-order valence-corrected chi connectivity index (χ0v) is 16.1. The molecule has 0 bridgehead atoms. The van der Waals surface area contributed by atoms with Crippen LogP contribution >= 0.6 is 0 Å². The Kier molecular flexibility index (Phi) is 6.52. The summed E-state index contributed by atoms with van der Waals surface area (Å²) in [5, 5.41) is 5.53. The maximum atomic E-state index is 13.0. The van der Waals surface area contributed by atoms with Crippen LogP contribution in [0.3, 0.4) is 0 Å². The Bertz CT molecular complexity index is 955. The van der Waals surface area contributed by atoms with Gasteiger partial charge in [-0.15, -0.1) is 0 Å². The van der Waals surface area contributed by atoms with Crippen LogP contribution in [0.15, 0.2) is 66.7 Å². The zero-order valence-electron chi connectivity index (χ0n) is 16.1. The lowest BCUT2D eigenvalue weighted by Crippen LogP contribution is -2.28. The molecule has 7 heteroatoms. The summed E-state index contributed by atoms with van der Waals surface area (Å²) in [4.78, 5) is 12.2. The lowest BCUT2D eigenvalue weighted by molar-refractivity contribution is 0.251. The molecule has 0 atom stereocenters. The van der Waals surface area contributed by atoms with Crippen molar-refractivity contribution in [1.82, 2.24) is 5.32 Å². The zero-order chi connectivity index (χ0) is 20.6. The van der Waals surface area contributed by atoms with E-state index in [1.165, 1.54) is 12.1 Å². The van der Waals surface area contributed by atoms with E-state index in [1.54, 1.807) is 56.7 Å². The van der Waals surface area contributed by atoms with Crippen molar-refractivity contribution in [3.8, 4) is 23.0 Å². The number of hydrogen-bond donors (Lipinski definition) is 2. The summed E-state index contributed by atoms with van der Waals surface area (Å²) in [5.74, 6) is 1.95. The third kappa shape index (κ3) is 5.87. The smallest absolute Gasteiger partial charge is 0.319 e. The molecule has 0 spiro atoms. The Hall–Kier alpha value is -3.74. The summed E-state index contributed by atoms with van der Waals surface area (Å²) < 4.78 is 29.1. The van der Waals surface area contributed by atoms with Crippen LogP contribution in [0, 0.1) is 5.82 Å². The normalized spacial score (nSPS) is 10.2. The number of nitrogens with one attached hydrogen (secondary N) is 2. The fourth-order valence-electron chi connectivity index (χ4n) is 2.59. The highest BCUT2D eigenvalue weighted by molar-refractivity contribution is 5.89. The molecule has 3 rings (SSSR count). The van der Waals surface area contributed by atoms with E-state index in [0.29, 0.717) is 35.2 Å². The van der Waals surface area contributed by atoms with Crippen LogP contribution in [0.4, 0.5) is 14.9 Å². The van der Waals surface area contributed by atoms with E-state index in [1.807, 2.05) is 12.1 Å². The molecule has 0 aliphatic rings. The molecule has 0 fully saturated rings. The van der Waals surface area contributed by atoms with Crippen LogP contribution < -0.4 is 24.8 Å². The maximum absolute atomic E-state index is 13.0. The highest BCUT2D eigenvalue weighted by Gasteiger charge is 2.07. The summed E-state index contributed by atoms with van der Waals surface area (Å²) in [6.07, 6.45) is 0. The molecule has 0 heterocycles. The van der Waals surface area contributed by atoms with Crippen LogP contribution in [-0.4, -0.2) is 20.3 Å². The lowest BCUT2D eigenvalue weighted by Gasteiger charge is -2.11. The van der Waals surface area contributed by atoms with Crippen molar-refractivity contribution in [2.45, 2.75) is 6.54 Å². The van der Waals surface area contributed by atoms with Crippen LogP contribution in [-0.2, 0) is 6.54 Å². The number of carbonyl (C=O) groups excluding carboxylic acids is 1. The molecule has 3 aromatic rings. The van der Waals surface area contributed by atoms with E-state index >= 15 is 0 Å². The number of carbonyl (C=O) groups is 1. The van der Waals surface area contributed by atoms with Crippen LogP contribution in [0.5, 0.6) is 23.0 Å². The van der Waals surface area contributed by atoms with Gasteiger partial charge in [0.15, 0.2) is 0 Å². The van der Waals surface area contributed by atoms with Gasteiger partial charge >= 0.3 is 6.03 Å². The van der Waals surface area contributed by atoms with Gasteiger partial charge in [0.05, 0.1) is 14.2 Å². The van der Waals surface area contributed by atoms with Crippen molar-refractivity contribution >= 4 is 11.7 Å². The first-order chi connectivity index (χ1) is 14.1. The molecule has 0 aromatic heterocycles. The Morgan fingerprint density at radius 2 is 1.55 bits per heavy atom. The third-order valence-corrected chi connectivity index (χ3v) is 4.01. The van der Waals surface area contributed by atoms with Gasteiger partial charge in [-0.05, 0) is 42.0 Å². The number of benzene rings is 3. The average Bonchev–Trinajstić information content (AvgIpc) is 2.74. The molecule has 3 aromatic carbocycles. The molecule has 0 saturated heterocycles. The first-order valence-electron chi connectivity index (χ1n) is 8.86. The summed E-state index contributed by atoms with van der Waals surface area (Å²) in [6.45, 7) is 0.299. The monoisotopic (exact) mass is 396 g/mol. The highest BCUT2D eigenvalue weighted by atomic mass is 19.1. The molecule has 0 aliphatic heterocycles. The fourth-order valence-corrected chi connectivity index (χ4v) is 2.59. The molecule has 0 saturated carbocycles. The number of anilines is 1. The number of urea groups is 1. The topological polar surface area (TPSA) is 68.8 Å². The average molecular weight is 396 g/mol. The largest absolute Gasteiger partial charge is 0.497 e. The predicted octanol–water partition coefficient (Wildman–Crippen LogP) is 4.96.